The zero-order valence-electron chi connectivity index (χ0n) is 13.1. The van der Waals surface area contributed by atoms with Crippen molar-refractivity contribution < 1.29 is 23.8 Å². The highest BCUT2D eigenvalue weighted by atomic mass is 16.7. The maximum absolute atomic E-state index is 12.0. The molecule has 0 aromatic heterocycles. The third kappa shape index (κ3) is 2.71. The molecule has 6 nitrogen and oxygen atoms in total. The molecule has 1 aromatic rings. The van der Waals surface area contributed by atoms with Gasteiger partial charge in [-0.05, 0) is 24.1 Å². The molecule has 0 saturated carbocycles. The average molecular weight is 319 g/mol. The van der Waals surface area contributed by atoms with Crippen LogP contribution in [0.4, 0.5) is 0 Å². The summed E-state index contributed by atoms with van der Waals surface area (Å²) in [6, 6.07) is 7.93. The number of hydroxylamine groups is 2. The number of carbonyl (C=O) groups excluding carboxylic acids is 1. The lowest BCUT2D eigenvalue weighted by molar-refractivity contribution is -0.169. The topological polar surface area (TPSA) is 57.2 Å². The lowest BCUT2D eigenvalue weighted by Gasteiger charge is -2.15. The minimum Gasteiger partial charge on any atom is -0.497 e. The summed E-state index contributed by atoms with van der Waals surface area (Å²) >= 11 is 0. The van der Waals surface area contributed by atoms with E-state index < -0.39 is 0 Å². The molecule has 3 aliphatic rings. The van der Waals surface area contributed by atoms with E-state index in [0.29, 0.717) is 19.6 Å². The Bertz CT molecular complexity index is 575. The van der Waals surface area contributed by atoms with Gasteiger partial charge in [0, 0.05) is 19.6 Å². The van der Waals surface area contributed by atoms with Crippen LogP contribution >= 0.6 is 0 Å². The fourth-order valence-corrected chi connectivity index (χ4v) is 3.74. The normalized spacial score (nSPS) is 32.1. The van der Waals surface area contributed by atoms with Crippen LogP contribution in [0.2, 0.25) is 0 Å². The van der Waals surface area contributed by atoms with Gasteiger partial charge in [-0.3, -0.25) is 9.63 Å². The van der Waals surface area contributed by atoms with Gasteiger partial charge in [-0.1, -0.05) is 12.1 Å². The highest BCUT2D eigenvalue weighted by Gasteiger charge is 2.60. The summed E-state index contributed by atoms with van der Waals surface area (Å²) in [6.07, 6.45) is 1.50. The summed E-state index contributed by atoms with van der Waals surface area (Å²) in [6.45, 7) is 1.95. The quantitative estimate of drug-likeness (QED) is 0.585. The first kappa shape index (κ1) is 14.9. The van der Waals surface area contributed by atoms with Crippen LogP contribution in [0.3, 0.4) is 0 Å². The van der Waals surface area contributed by atoms with Gasteiger partial charge in [-0.25, -0.2) is 0 Å². The Morgan fingerprint density at radius 1 is 1.30 bits per heavy atom. The van der Waals surface area contributed by atoms with Crippen molar-refractivity contribution >= 4 is 5.97 Å². The Kier molecular flexibility index (Phi) is 3.97. The zero-order valence-corrected chi connectivity index (χ0v) is 13.1. The van der Waals surface area contributed by atoms with Crippen molar-refractivity contribution in [1.29, 1.82) is 0 Å². The summed E-state index contributed by atoms with van der Waals surface area (Å²) in [5.74, 6) is 0.581. The SMILES string of the molecule is COc1ccc(COCC[C@H]2ON3CC[C@@H]4OC(=O)[C@H]2[C@@H]43)cc1. The number of ether oxygens (including phenoxy) is 3. The van der Waals surface area contributed by atoms with Crippen LogP contribution in [0.1, 0.15) is 18.4 Å². The molecule has 124 valence electrons. The third-order valence-electron chi connectivity index (χ3n) is 4.90. The van der Waals surface area contributed by atoms with Crippen LogP contribution in [0.15, 0.2) is 24.3 Å². The Balaban J connectivity index is 1.26. The van der Waals surface area contributed by atoms with Crippen molar-refractivity contribution in [2.75, 3.05) is 20.3 Å². The molecular weight excluding hydrogens is 298 g/mol. The van der Waals surface area contributed by atoms with E-state index >= 15 is 0 Å². The van der Waals surface area contributed by atoms with E-state index in [1.54, 1.807) is 7.11 Å². The van der Waals surface area contributed by atoms with E-state index in [0.717, 1.165) is 24.3 Å². The predicted molar refractivity (Wildman–Crippen MR) is 80.6 cm³/mol. The van der Waals surface area contributed by atoms with E-state index in [-0.39, 0.29) is 30.1 Å². The number of benzene rings is 1. The number of carbonyl (C=O) groups is 1. The van der Waals surface area contributed by atoms with Crippen LogP contribution in [0.25, 0.3) is 0 Å². The molecule has 3 saturated heterocycles. The highest BCUT2D eigenvalue weighted by Crippen LogP contribution is 2.43. The summed E-state index contributed by atoms with van der Waals surface area (Å²) in [5.41, 5.74) is 1.10. The monoisotopic (exact) mass is 319 g/mol. The van der Waals surface area contributed by atoms with Crippen molar-refractivity contribution in [3.05, 3.63) is 29.8 Å². The van der Waals surface area contributed by atoms with Crippen molar-refractivity contribution in [2.45, 2.75) is 37.7 Å². The fraction of sp³-hybridized carbons (Fsp3) is 0.588. The number of hydrogen-bond acceptors (Lipinski definition) is 6. The van der Waals surface area contributed by atoms with Crippen LogP contribution < -0.4 is 4.74 Å². The molecule has 0 aliphatic carbocycles. The Hall–Kier alpha value is -1.63. The fourth-order valence-electron chi connectivity index (χ4n) is 3.74. The molecule has 4 atom stereocenters. The van der Waals surface area contributed by atoms with Gasteiger partial charge in [0.25, 0.3) is 0 Å². The van der Waals surface area contributed by atoms with Crippen molar-refractivity contribution in [2.24, 2.45) is 5.92 Å². The molecule has 0 radical (unpaired) electrons. The van der Waals surface area contributed by atoms with E-state index in [1.165, 1.54) is 0 Å². The van der Waals surface area contributed by atoms with Gasteiger partial charge in [0.15, 0.2) is 0 Å². The van der Waals surface area contributed by atoms with E-state index in [1.807, 2.05) is 29.3 Å². The standard InChI is InChI=1S/C17H21NO5/c1-20-12-4-2-11(3-5-12)10-21-9-7-13-15-16-14(22-17(15)19)6-8-18(16)23-13/h2-5,13-16H,6-10H2,1H3/t13-,14+,15-,16-/m1/s1. The first-order chi connectivity index (χ1) is 11.3. The molecule has 0 amide bonds. The number of hydrogen-bond donors (Lipinski definition) is 0. The van der Waals surface area contributed by atoms with Gasteiger partial charge < -0.3 is 14.2 Å². The molecule has 1 aromatic carbocycles. The van der Waals surface area contributed by atoms with Gasteiger partial charge in [0.1, 0.15) is 17.8 Å². The smallest absolute Gasteiger partial charge is 0.313 e. The average Bonchev–Trinajstić information content (AvgIpc) is 3.21. The van der Waals surface area contributed by atoms with Gasteiger partial charge in [0.05, 0.1) is 25.9 Å². The van der Waals surface area contributed by atoms with E-state index in [4.69, 9.17) is 19.0 Å². The van der Waals surface area contributed by atoms with E-state index in [2.05, 4.69) is 0 Å². The van der Waals surface area contributed by atoms with Crippen molar-refractivity contribution in [3.63, 3.8) is 0 Å². The molecule has 3 aliphatic heterocycles. The molecule has 4 rings (SSSR count). The Labute approximate surface area is 135 Å². The molecule has 6 heteroatoms. The lowest BCUT2D eigenvalue weighted by atomic mass is 9.93. The van der Waals surface area contributed by atoms with Crippen LogP contribution in [-0.2, 0) is 25.7 Å². The minimum atomic E-state index is -0.146. The zero-order chi connectivity index (χ0) is 15.8. The predicted octanol–water partition coefficient (Wildman–Crippen LogP) is 1.53. The second-order valence-corrected chi connectivity index (χ2v) is 6.25. The van der Waals surface area contributed by atoms with Gasteiger partial charge in [-0.15, -0.1) is 0 Å². The second-order valence-electron chi connectivity index (χ2n) is 6.25. The first-order valence-corrected chi connectivity index (χ1v) is 8.11. The third-order valence-corrected chi connectivity index (χ3v) is 4.90. The van der Waals surface area contributed by atoms with Crippen molar-refractivity contribution in [1.82, 2.24) is 5.06 Å². The summed E-state index contributed by atoms with van der Waals surface area (Å²) in [7, 11) is 1.65. The number of rotatable bonds is 6. The Morgan fingerprint density at radius 2 is 2.13 bits per heavy atom. The minimum absolute atomic E-state index is 0.0257. The Morgan fingerprint density at radius 3 is 2.91 bits per heavy atom. The first-order valence-electron chi connectivity index (χ1n) is 8.11. The van der Waals surface area contributed by atoms with Crippen LogP contribution in [0, 0.1) is 5.92 Å². The summed E-state index contributed by atoms with van der Waals surface area (Å²) in [5, 5.41) is 1.94. The molecule has 23 heavy (non-hydrogen) atoms. The van der Waals surface area contributed by atoms with Gasteiger partial charge in [-0.2, -0.15) is 5.06 Å². The molecule has 0 bridgehead atoms. The van der Waals surface area contributed by atoms with Gasteiger partial charge in [0.2, 0.25) is 0 Å². The maximum atomic E-state index is 12.0. The molecule has 0 unspecified atom stereocenters. The van der Waals surface area contributed by atoms with Crippen LogP contribution in [0.5, 0.6) is 5.75 Å². The number of methoxy groups -OCH3 is 1. The van der Waals surface area contributed by atoms with Crippen LogP contribution in [-0.4, -0.2) is 49.5 Å². The molecule has 0 N–H and O–H groups in total. The molecular formula is C17H21NO5. The second kappa shape index (κ2) is 6.11. The number of esters is 1. The van der Waals surface area contributed by atoms with Crippen molar-refractivity contribution in [3.8, 4) is 5.75 Å². The highest BCUT2D eigenvalue weighted by molar-refractivity contribution is 5.77. The molecule has 0 spiro atoms. The van der Waals surface area contributed by atoms with E-state index in [9.17, 15) is 4.79 Å². The molecule has 3 fully saturated rings. The lowest BCUT2D eigenvalue weighted by Crippen LogP contribution is -2.30. The van der Waals surface area contributed by atoms with Gasteiger partial charge >= 0.3 is 5.97 Å². The maximum Gasteiger partial charge on any atom is 0.313 e. The summed E-state index contributed by atoms with van der Waals surface area (Å²) in [4.78, 5) is 17.9. The summed E-state index contributed by atoms with van der Waals surface area (Å²) < 4.78 is 16.3. The number of nitrogens with zero attached hydrogens (tertiary/aromatic N) is 1. The largest absolute Gasteiger partial charge is 0.497 e. The molecule has 3 heterocycles.